The standard InChI is InChI=1S/C9H7NO2/c11-9(10-12)7-6-8-4-2-1-3-5-8/h1-7H/b7-6+. The number of carbonyl (C=O) groups is 1. The Balaban J connectivity index is 2.70. The summed E-state index contributed by atoms with van der Waals surface area (Å²) in [6.45, 7) is 0. The first kappa shape index (κ1) is 8.33. The van der Waals surface area contributed by atoms with Crippen LogP contribution in [0.4, 0.5) is 0 Å². The molecule has 12 heavy (non-hydrogen) atoms. The lowest BCUT2D eigenvalue weighted by Crippen LogP contribution is -1.81. The van der Waals surface area contributed by atoms with E-state index in [1.807, 2.05) is 30.3 Å². The molecule has 1 aromatic carbocycles. The topological polar surface area (TPSA) is 46.5 Å². The highest BCUT2D eigenvalue weighted by Crippen LogP contribution is 2.00. The first-order chi connectivity index (χ1) is 5.83. The number of nitroso groups, excluding NO2 is 1. The summed E-state index contributed by atoms with van der Waals surface area (Å²) in [6, 6.07) is 9.22. The van der Waals surface area contributed by atoms with Crippen molar-refractivity contribution in [3.63, 3.8) is 0 Å². The Morgan fingerprint density at radius 2 is 1.92 bits per heavy atom. The maximum atomic E-state index is 10.4. The monoisotopic (exact) mass is 161 g/mol. The van der Waals surface area contributed by atoms with Crippen LogP contribution >= 0.6 is 0 Å². The maximum Gasteiger partial charge on any atom is 0.309 e. The van der Waals surface area contributed by atoms with E-state index in [1.165, 1.54) is 0 Å². The number of hydrogen-bond donors (Lipinski definition) is 0. The predicted molar refractivity (Wildman–Crippen MR) is 46.3 cm³/mol. The summed E-state index contributed by atoms with van der Waals surface area (Å²) in [7, 11) is 0. The van der Waals surface area contributed by atoms with Crippen molar-refractivity contribution in [2.24, 2.45) is 5.18 Å². The molecule has 0 heterocycles. The van der Waals surface area contributed by atoms with Crippen LogP contribution in [0.1, 0.15) is 5.56 Å². The molecule has 1 rings (SSSR count). The highest BCUT2D eigenvalue weighted by Gasteiger charge is 1.90. The van der Waals surface area contributed by atoms with Crippen LogP contribution in [0.25, 0.3) is 6.08 Å². The van der Waals surface area contributed by atoms with Crippen LogP contribution in [0.3, 0.4) is 0 Å². The molecule has 1 aromatic rings. The van der Waals surface area contributed by atoms with Gasteiger partial charge in [0, 0.05) is 11.3 Å². The minimum atomic E-state index is -0.765. The first-order valence-corrected chi connectivity index (χ1v) is 3.43. The van der Waals surface area contributed by atoms with Gasteiger partial charge in [-0.25, -0.2) is 0 Å². The lowest BCUT2D eigenvalue weighted by molar-refractivity contribution is -0.113. The second-order valence-electron chi connectivity index (χ2n) is 2.17. The van der Waals surface area contributed by atoms with Gasteiger partial charge in [-0.15, -0.1) is 4.91 Å². The molecule has 1 amide bonds. The van der Waals surface area contributed by atoms with Crippen molar-refractivity contribution >= 4 is 12.0 Å². The number of amides is 1. The van der Waals surface area contributed by atoms with Gasteiger partial charge in [0.2, 0.25) is 0 Å². The minimum Gasteiger partial charge on any atom is -0.264 e. The van der Waals surface area contributed by atoms with E-state index in [-0.39, 0.29) is 0 Å². The fraction of sp³-hybridized carbons (Fsp3) is 0. The quantitative estimate of drug-likeness (QED) is 0.492. The molecule has 0 saturated carbocycles. The molecule has 0 fully saturated rings. The molecule has 0 saturated heterocycles. The Hall–Kier alpha value is -1.77. The molecular weight excluding hydrogens is 154 g/mol. The summed E-state index contributed by atoms with van der Waals surface area (Å²) in [5, 5.41) is 2.23. The van der Waals surface area contributed by atoms with Crippen LogP contribution in [0.2, 0.25) is 0 Å². The van der Waals surface area contributed by atoms with Crippen molar-refractivity contribution < 1.29 is 4.79 Å². The highest BCUT2D eigenvalue weighted by atomic mass is 16.3. The predicted octanol–water partition coefficient (Wildman–Crippen LogP) is 1.99. The summed E-state index contributed by atoms with van der Waals surface area (Å²) in [5.74, 6) is -0.765. The van der Waals surface area contributed by atoms with Crippen LogP contribution in [0.15, 0.2) is 41.6 Å². The Morgan fingerprint density at radius 3 is 2.50 bits per heavy atom. The molecule has 0 bridgehead atoms. The third-order valence-electron chi connectivity index (χ3n) is 1.31. The van der Waals surface area contributed by atoms with Gasteiger partial charge in [0.15, 0.2) is 0 Å². The van der Waals surface area contributed by atoms with E-state index >= 15 is 0 Å². The summed E-state index contributed by atoms with van der Waals surface area (Å²) >= 11 is 0. The highest BCUT2D eigenvalue weighted by molar-refractivity contribution is 5.92. The Labute approximate surface area is 69.7 Å². The average Bonchev–Trinajstić information content (AvgIpc) is 2.16. The van der Waals surface area contributed by atoms with Gasteiger partial charge < -0.3 is 0 Å². The van der Waals surface area contributed by atoms with E-state index in [4.69, 9.17) is 0 Å². The third-order valence-corrected chi connectivity index (χ3v) is 1.31. The van der Waals surface area contributed by atoms with Gasteiger partial charge in [0.1, 0.15) is 0 Å². The molecule has 0 atom stereocenters. The van der Waals surface area contributed by atoms with Crippen molar-refractivity contribution in [1.82, 2.24) is 0 Å². The molecule has 3 nitrogen and oxygen atoms in total. The molecule has 0 aliphatic heterocycles. The molecule has 0 spiro atoms. The minimum absolute atomic E-state index is 0.765. The second-order valence-corrected chi connectivity index (χ2v) is 2.17. The number of rotatable bonds is 2. The molecule has 0 aliphatic carbocycles. The van der Waals surface area contributed by atoms with E-state index in [9.17, 15) is 9.70 Å². The lowest BCUT2D eigenvalue weighted by Gasteiger charge is -1.87. The van der Waals surface area contributed by atoms with Gasteiger partial charge in [-0.3, -0.25) is 4.79 Å². The van der Waals surface area contributed by atoms with E-state index in [2.05, 4.69) is 5.18 Å². The summed E-state index contributed by atoms with van der Waals surface area (Å²) in [4.78, 5) is 20.1. The largest absolute Gasteiger partial charge is 0.309 e. The van der Waals surface area contributed by atoms with Gasteiger partial charge in [-0.2, -0.15) is 0 Å². The average molecular weight is 161 g/mol. The zero-order chi connectivity index (χ0) is 8.81. The van der Waals surface area contributed by atoms with Crippen molar-refractivity contribution in [3.8, 4) is 0 Å². The number of carbonyl (C=O) groups excluding carboxylic acids is 1. The molecule has 0 N–H and O–H groups in total. The lowest BCUT2D eigenvalue weighted by atomic mass is 10.2. The number of hydrogen-bond acceptors (Lipinski definition) is 2. The van der Waals surface area contributed by atoms with E-state index in [1.54, 1.807) is 6.08 Å². The van der Waals surface area contributed by atoms with Crippen molar-refractivity contribution in [3.05, 3.63) is 46.9 Å². The van der Waals surface area contributed by atoms with Gasteiger partial charge in [-0.1, -0.05) is 30.3 Å². The van der Waals surface area contributed by atoms with Crippen LogP contribution in [-0.2, 0) is 4.79 Å². The number of nitrogens with zero attached hydrogens (tertiary/aromatic N) is 1. The SMILES string of the molecule is O=NC(=O)/C=C/c1ccccc1. The normalized spacial score (nSPS) is 10.0. The third kappa shape index (κ3) is 2.46. The Bertz CT molecular complexity index is 304. The number of benzene rings is 1. The molecule has 0 unspecified atom stereocenters. The second kappa shape index (κ2) is 4.18. The smallest absolute Gasteiger partial charge is 0.264 e. The van der Waals surface area contributed by atoms with Crippen molar-refractivity contribution in [2.45, 2.75) is 0 Å². The molecule has 0 aromatic heterocycles. The summed E-state index contributed by atoms with van der Waals surface area (Å²) in [6.07, 6.45) is 2.69. The molecule has 0 radical (unpaired) electrons. The van der Waals surface area contributed by atoms with Crippen molar-refractivity contribution in [2.75, 3.05) is 0 Å². The zero-order valence-electron chi connectivity index (χ0n) is 6.31. The van der Waals surface area contributed by atoms with Gasteiger partial charge in [0.05, 0.1) is 0 Å². The van der Waals surface area contributed by atoms with Crippen molar-refractivity contribution in [1.29, 1.82) is 0 Å². The van der Waals surface area contributed by atoms with E-state index < -0.39 is 5.91 Å². The first-order valence-electron chi connectivity index (χ1n) is 3.43. The Kier molecular flexibility index (Phi) is 2.90. The maximum absolute atomic E-state index is 10.4. The molecule has 60 valence electrons. The van der Waals surface area contributed by atoms with Gasteiger partial charge in [0.25, 0.3) is 0 Å². The van der Waals surface area contributed by atoms with E-state index in [0.29, 0.717) is 0 Å². The fourth-order valence-electron chi connectivity index (χ4n) is 0.762. The molecule has 0 aliphatic rings. The fourth-order valence-corrected chi connectivity index (χ4v) is 0.762. The summed E-state index contributed by atoms with van der Waals surface area (Å²) < 4.78 is 0. The van der Waals surface area contributed by atoms with Crippen LogP contribution in [0, 0.1) is 4.91 Å². The molecular formula is C9H7NO2. The van der Waals surface area contributed by atoms with Crippen LogP contribution < -0.4 is 0 Å². The van der Waals surface area contributed by atoms with Crippen LogP contribution in [-0.4, -0.2) is 5.91 Å². The Morgan fingerprint density at radius 1 is 1.25 bits per heavy atom. The van der Waals surface area contributed by atoms with Gasteiger partial charge >= 0.3 is 5.91 Å². The molecule has 3 heteroatoms. The zero-order valence-corrected chi connectivity index (χ0v) is 6.31. The summed E-state index contributed by atoms with van der Waals surface area (Å²) in [5.41, 5.74) is 0.870. The van der Waals surface area contributed by atoms with Gasteiger partial charge in [-0.05, 0) is 11.6 Å². The van der Waals surface area contributed by atoms with Crippen LogP contribution in [0.5, 0.6) is 0 Å². The van der Waals surface area contributed by atoms with E-state index in [0.717, 1.165) is 11.6 Å².